The number of aryl methyl sites for hydroxylation is 1. The number of amides is 1. The van der Waals surface area contributed by atoms with Crippen molar-refractivity contribution in [2.75, 3.05) is 31.6 Å². The van der Waals surface area contributed by atoms with Gasteiger partial charge in [0.15, 0.2) is 28.9 Å². The Hall–Kier alpha value is -3.08. The largest absolute Gasteiger partial charge is 0.489 e. The topological polar surface area (TPSA) is 116 Å². The molecule has 0 bridgehead atoms. The van der Waals surface area contributed by atoms with Gasteiger partial charge in [-0.2, -0.15) is 5.26 Å². The number of hydrogen-bond donors (Lipinski definition) is 2. The summed E-state index contributed by atoms with van der Waals surface area (Å²) in [6.07, 6.45) is 1.20. The second kappa shape index (κ2) is 8.12. The van der Waals surface area contributed by atoms with Crippen molar-refractivity contribution in [1.82, 2.24) is 14.2 Å². The summed E-state index contributed by atoms with van der Waals surface area (Å²) < 4.78 is 75.7. The smallest absolute Gasteiger partial charge is 0.276 e. The minimum Gasteiger partial charge on any atom is -0.489 e. The SMILES string of the molecule is Cn1cc2c(c1C(=O)Nc1cc(F)c(F)c(F)c1)OC[C@H]1CN(CC#N)C[C@H]1NS2(=O)=O. The second-order valence-electron chi connectivity index (χ2n) is 7.64. The number of nitriles is 1. The predicted octanol–water partition coefficient (Wildman–Crippen LogP) is 1.19. The standard InChI is InChI=1S/C19H18F3N5O4S/c1-26-8-15-18(17(26)19(28)24-11-4-12(20)16(22)13(21)5-11)31-9-10-6-27(3-2-23)7-14(10)25-32(15,29)30/h4-5,8,10,14,25H,3,6-7,9H2,1H3,(H,24,28)/t10-,14-/m1/s1. The van der Waals surface area contributed by atoms with E-state index in [1.165, 1.54) is 17.8 Å². The highest BCUT2D eigenvalue weighted by Gasteiger charge is 2.41. The summed E-state index contributed by atoms with van der Waals surface area (Å²) >= 11 is 0. The van der Waals surface area contributed by atoms with Gasteiger partial charge in [0.25, 0.3) is 5.91 Å². The van der Waals surface area contributed by atoms with Crippen molar-refractivity contribution in [3.8, 4) is 11.8 Å². The molecule has 13 heteroatoms. The van der Waals surface area contributed by atoms with Crippen LogP contribution in [0, 0.1) is 34.7 Å². The van der Waals surface area contributed by atoms with Gasteiger partial charge in [-0.3, -0.25) is 9.69 Å². The molecule has 1 aromatic heterocycles. The van der Waals surface area contributed by atoms with Crippen LogP contribution in [0.5, 0.6) is 5.75 Å². The zero-order valence-corrected chi connectivity index (χ0v) is 17.5. The molecule has 0 saturated carbocycles. The van der Waals surface area contributed by atoms with Crippen molar-refractivity contribution in [2.24, 2.45) is 13.0 Å². The van der Waals surface area contributed by atoms with E-state index in [0.717, 1.165) is 0 Å². The molecule has 1 amide bonds. The highest BCUT2D eigenvalue weighted by atomic mass is 32.2. The van der Waals surface area contributed by atoms with Crippen LogP contribution >= 0.6 is 0 Å². The molecule has 2 atom stereocenters. The van der Waals surface area contributed by atoms with Crippen LogP contribution in [0.15, 0.2) is 23.2 Å². The fraction of sp³-hybridized carbons (Fsp3) is 0.368. The summed E-state index contributed by atoms with van der Waals surface area (Å²) in [5.74, 6) is -6.02. The number of carbonyl (C=O) groups excluding carboxylic acids is 1. The molecule has 2 N–H and O–H groups in total. The van der Waals surface area contributed by atoms with Gasteiger partial charge in [0.2, 0.25) is 10.0 Å². The van der Waals surface area contributed by atoms with Crippen LogP contribution in [0.25, 0.3) is 0 Å². The summed E-state index contributed by atoms with van der Waals surface area (Å²) in [6, 6.07) is 2.77. The number of aromatic nitrogens is 1. The van der Waals surface area contributed by atoms with Gasteiger partial charge in [-0.1, -0.05) is 0 Å². The molecule has 1 aromatic carbocycles. The minimum atomic E-state index is -4.08. The number of nitrogens with zero attached hydrogens (tertiary/aromatic N) is 3. The van der Waals surface area contributed by atoms with Crippen LogP contribution in [-0.4, -0.2) is 56.1 Å². The van der Waals surface area contributed by atoms with E-state index in [9.17, 15) is 26.4 Å². The summed E-state index contributed by atoms with van der Waals surface area (Å²) in [4.78, 5) is 14.4. The number of halogens is 3. The van der Waals surface area contributed by atoms with Crippen molar-refractivity contribution in [3.63, 3.8) is 0 Å². The number of ether oxygens (including phenoxy) is 1. The zero-order chi connectivity index (χ0) is 23.2. The molecule has 0 aliphatic carbocycles. The number of carbonyl (C=O) groups is 1. The fourth-order valence-electron chi connectivity index (χ4n) is 3.93. The second-order valence-corrected chi connectivity index (χ2v) is 9.32. The zero-order valence-electron chi connectivity index (χ0n) is 16.7. The Balaban J connectivity index is 1.66. The number of rotatable bonds is 3. The monoisotopic (exact) mass is 469 g/mol. The van der Waals surface area contributed by atoms with Crippen molar-refractivity contribution < 1.29 is 31.1 Å². The van der Waals surface area contributed by atoms with Crippen LogP contribution in [0.2, 0.25) is 0 Å². The van der Waals surface area contributed by atoms with Crippen LogP contribution < -0.4 is 14.8 Å². The Labute approximate surface area is 181 Å². The van der Waals surface area contributed by atoms with Gasteiger partial charge in [-0.15, -0.1) is 0 Å². The number of anilines is 1. The molecule has 4 rings (SSSR count). The fourth-order valence-corrected chi connectivity index (χ4v) is 5.42. The molecule has 2 aliphatic heterocycles. The number of benzene rings is 1. The summed E-state index contributed by atoms with van der Waals surface area (Å²) in [5, 5.41) is 11.1. The maximum atomic E-state index is 13.5. The summed E-state index contributed by atoms with van der Waals surface area (Å²) in [6.45, 7) is 0.990. The molecular weight excluding hydrogens is 451 g/mol. The van der Waals surface area contributed by atoms with E-state index in [1.54, 1.807) is 4.90 Å². The van der Waals surface area contributed by atoms with Gasteiger partial charge < -0.3 is 14.6 Å². The van der Waals surface area contributed by atoms with E-state index in [2.05, 4.69) is 10.0 Å². The number of likely N-dealkylation sites (tertiary alicyclic amines) is 1. The van der Waals surface area contributed by atoms with Gasteiger partial charge >= 0.3 is 0 Å². The highest BCUT2D eigenvalue weighted by Crippen LogP contribution is 2.34. The van der Waals surface area contributed by atoms with E-state index >= 15 is 0 Å². The first-order valence-electron chi connectivity index (χ1n) is 9.50. The van der Waals surface area contributed by atoms with Crippen molar-refractivity contribution >= 4 is 21.6 Å². The van der Waals surface area contributed by atoms with Crippen LogP contribution in [0.4, 0.5) is 18.9 Å². The number of nitrogens with one attached hydrogen (secondary N) is 2. The van der Waals surface area contributed by atoms with E-state index in [-0.39, 0.29) is 41.1 Å². The Morgan fingerprint density at radius 1 is 1.31 bits per heavy atom. The lowest BCUT2D eigenvalue weighted by Crippen LogP contribution is -2.43. The summed E-state index contributed by atoms with van der Waals surface area (Å²) in [5.41, 5.74) is -0.544. The van der Waals surface area contributed by atoms with E-state index in [1.807, 2.05) is 6.07 Å². The molecule has 0 unspecified atom stereocenters. The van der Waals surface area contributed by atoms with Gasteiger partial charge in [0, 0.05) is 56.1 Å². The third kappa shape index (κ3) is 3.92. The summed E-state index contributed by atoms with van der Waals surface area (Å²) in [7, 11) is -2.66. The molecule has 2 aliphatic rings. The third-order valence-electron chi connectivity index (χ3n) is 5.41. The van der Waals surface area contributed by atoms with Crippen molar-refractivity contribution in [3.05, 3.63) is 41.5 Å². The Bertz CT molecular complexity index is 1220. The van der Waals surface area contributed by atoms with Crippen LogP contribution in [0.3, 0.4) is 0 Å². The molecule has 9 nitrogen and oxygen atoms in total. The van der Waals surface area contributed by atoms with E-state index in [0.29, 0.717) is 25.2 Å². The molecule has 1 fully saturated rings. The Morgan fingerprint density at radius 3 is 2.66 bits per heavy atom. The van der Waals surface area contributed by atoms with Crippen molar-refractivity contribution in [1.29, 1.82) is 5.26 Å². The number of fused-ring (bicyclic) bond motifs is 2. The maximum absolute atomic E-state index is 13.5. The highest BCUT2D eigenvalue weighted by molar-refractivity contribution is 7.89. The first kappa shape index (κ1) is 22.1. The third-order valence-corrected chi connectivity index (χ3v) is 6.89. The maximum Gasteiger partial charge on any atom is 0.276 e. The van der Waals surface area contributed by atoms with Crippen LogP contribution in [0.1, 0.15) is 10.5 Å². The first-order chi connectivity index (χ1) is 15.1. The molecule has 2 aromatic rings. The lowest BCUT2D eigenvalue weighted by Gasteiger charge is -2.23. The van der Waals surface area contributed by atoms with Crippen LogP contribution in [-0.2, 0) is 17.1 Å². The molecule has 170 valence electrons. The van der Waals surface area contributed by atoms with Gasteiger partial charge in [0.1, 0.15) is 4.90 Å². The van der Waals surface area contributed by atoms with Gasteiger partial charge in [0.05, 0.1) is 19.2 Å². The van der Waals surface area contributed by atoms with E-state index < -0.39 is 39.4 Å². The Kier molecular flexibility index (Phi) is 5.61. The number of hydrogen-bond acceptors (Lipinski definition) is 6. The molecule has 3 heterocycles. The van der Waals surface area contributed by atoms with E-state index in [4.69, 9.17) is 10.00 Å². The number of sulfonamides is 1. The first-order valence-corrected chi connectivity index (χ1v) is 11.0. The molecule has 0 radical (unpaired) electrons. The molecule has 32 heavy (non-hydrogen) atoms. The van der Waals surface area contributed by atoms with Crippen molar-refractivity contribution in [2.45, 2.75) is 10.9 Å². The minimum absolute atomic E-state index is 0.0756. The molecule has 1 saturated heterocycles. The average molecular weight is 469 g/mol. The molecular formula is C19H18F3N5O4S. The Morgan fingerprint density at radius 2 is 2.00 bits per heavy atom. The molecule has 0 spiro atoms. The predicted molar refractivity (Wildman–Crippen MR) is 105 cm³/mol. The van der Waals surface area contributed by atoms with Gasteiger partial charge in [-0.05, 0) is 0 Å². The lowest BCUT2D eigenvalue weighted by molar-refractivity contribution is 0.101. The average Bonchev–Trinajstić information content (AvgIpc) is 3.23. The lowest BCUT2D eigenvalue weighted by atomic mass is 10.1. The van der Waals surface area contributed by atoms with Gasteiger partial charge in [-0.25, -0.2) is 26.3 Å². The quantitative estimate of drug-likeness (QED) is 0.515. The normalized spacial score (nSPS) is 22.1.